The van der Waals surface area contributed by atoms with Gasteiger partial charge in [0, 0.05) is 39.1 Å². The average Bonchev–Trinajstić information content (AvgIpc) is 4.19. The highest BCUT2D eigenvalue weighted by Crippen LogP contribution is 2.67. The van der Waals surface area contributed by atoms with E-state index in [1.54, 1.807) is 0 Å². The summed E-state index contributed by atoms with van der Waals surface area (Å²) in [6, 6.07) is 77.5. The Labute approximate surface area is 436 Å². The van der Waals surface area contributed by atoms with Crippen LogP contribution in [0.3, 0.4) is 0 Å². The zero-order chi connectivity index (χ0) is 50.4. The van der Waals surface area contributed by atoms with Crippen molar-refractivity contribution in [3.05, 3.63) is 283 Å². The Kier molecular flexibility index (Phi) is 10.2. The van der Waals surface area contributed by atoms with Crippen molar-refractivity contribution in [1.29, 1.82) is 0 Å². The molecule has 3 aromatic heterocycles. The molecule has 2 aliphatic rings. The SMILES string of the molecule is C=C/C=C(\C)c1ccc(N(c2ccc(C)nc2)c2cc3c(c4ccccc24)-c2c(cc(N(c4ccc(-c5ccccc5)cc4)c4ccc(C)nc4)c4c2oc2ccccc24)C32c3ccccc3-c3ccccc32)cc1. The molecule has 9 aromatic carbocycles. The molecule has 5 nitrogen and oxygen atoms in total. The molecule has 0 aliphatic heterocycles. The van der Waals surface area contributed by atoms with Crippen LogP contribution in [0.1, 0.15) is 46.1 Å². The summed E-state index contributed by atoms with van der Waals surface area (Å²) in [4.78, 5) is 14.6. The predicted molar refractivity (Wildman–Crippen MR) is 311 cm³/mol. The van der Waals surface area contributed by atoms with Gasteiger partial charge in [-0.2, -0.15) is 0 Å². The van der Waals surface area contributed by atoms with E-state index in [-0.39, 0.29) is 0 Å². The van der Waals surface area contributed by atoms with Crippen LogP contribution >= 0.6 is 0 Å². The molecule has 0 saturated carbocycles. The third-order valence-corrected chi connectivity index (χ3v) is 15.6. The summed E-state index contributed by atoms with van der Waals surface area (Å²) in [6.45, 7) is 10.2. The minimum atomic E-state index is -0.777. The number of hydrogen-bond acceptors (Lipinski definition) is 5. The maximum atomic E-state index is 7.44. The average molecular weight is 963 g/mol. The minimum absolute atomic E-state index is 0.777. The molecule has 0 N–H and O–H groups in total. The van der Waals surface area contributed by atoms with Gasteiger partial charge in [-0.3, -0.25) is 9.97 Å². The monoisotopic (exact) mass is 962 g/mol. The Bertz CT molecular complexity index is 4220. The molecule has 0 bridgehead atoms. The van der Waals surface area contributed by atoms with Crippen LogP contribution in [0.25, 0.3) is 71.7 Å². The number of allylic oxidation sites excluding steroid dienone is 3. The summed E-state index contributed by atoms with van der Waals surface area (Å²) in [7, 11) is 0. The second-order valence-corrected chi connectivity index (χ2v) is 19.9. The van der Waals surface area contributed by atoms with Gasteiger partial charge in [0.1, 0.15) is 11.2 Å². The van der Waals surface area contributed by atoms with Crippen LogP contribution < -0.4 is 9.80 Å². The highest BCUT2D eigenvalue weighted by molar-refractivity contribution is 6.23. The van der Waals surface area contributed by atoms with Gasteiger partial charge in [0.15, 0.2) is 0 Å². The molecule has 0 amide bonds. The number of anilines is 6. The van der Waals surface area contributed by atoms with E-state index in [9.17, 15) is 0 Å². The van der Waals surface area contributed by atoms with E-state index in [0.29, 0.717) is 0 Å². The second kappa shape index (κ2) is 17.3. The Hall–Kier alpha value is -9.58. The fourth-order valence-corrected chi connectivity index (χ4v) is 12.3. The molecule has 1 spiro atoms. The zero-order valence-corrected chi connectivity index (χ0v) is 41.9. The summed E-state index contributed by atoms with van der Waals surface area (Å²) in [6.07, 6.45) is 7.91. The molecule has 14 rings (SSSR count). The minimum Gasteiger partial charge on any atom is -0.455 e. The lowest BCUT2D eigenvalue weighted by molar-refractivity contribution is 0.669. The van der Waals surface area contributed by atoms with Crippen molar-refractivity contribution < 1.29 is 4.42 Å². The maximum absolute atomic E-state index is 7.44. The lowest BCUT2D eigenvalue weighted by Gasteiger charge is -2.34. The third-order valence-electron chi connectivity index (χ3n) is 15.6. The van der Waals surface area contributed by atoms with Gasteiger partial charge in [-0.05, 0) is 154 Å². The van der Waals surface area contributed by atoms with Crippen LogP contribution in [-0.2, 0) is 5.41 Å². The number of aromatic nitrogens is 2. The van der Waals surface area contributed by atoms with Crippen molar-refractivity contribution >= 4 is 72.4 Å². The Morgan fingerprint density at radius 1 is 0.480 bits per heavy atom. The van der Waals surface area contributed by atoms with Crippen LogP contribution in [0.15, 0.2) is 248 Å². The van der Waals surface area contributed by atoms with E-state index in [4.69, 9.17) is 14.4 Å². The number of nitrogens with zero attached hydrogens (tertiary/aromatic N) is 4. The second-order valence-electron chi connectivity index (χ2n) is 19.9. The molecule has 3 heterocycles. The molecule has 0 fully saturated rings. The van der Waals surface area contributed by atoms with Gasteiger partial charge in [-0.1, -0.05) is 164 Å². The summed E-state index contributed by atoms with van der Waals surface area (Å²) in [5.74, 6) is 0. The first-order valence-corrected chi connectivity index (χ1v) is 25.7. The van der Waals surface area contributed by atoms with Crippen molar-refractivity contribution in [2.45, 2.75) is 26.2 Å². The van der Waals surface area contributed by atoms with E-state index >= 15 is 0 Å². The van der Waals surface area contributed by atoms with E-state index in [2.05, 4.69) is 242 Å². The van der Waals surface area contributed by atoms with Crippen LogP contribution in [0.2, 0.25) is 0 Å². The van der Waals surface area contributed by atoms with Gasteiger partial charge in [0.05, 0.1) is 45.9 Å². The highest BCUT2D eigenvalue weighted by Gasteiger charge is 2.54. The van der Waals surface area contributed by atoms with E-state index < -0.39 is 5.41 Å². The predicted octanol–water partition coefficient (Wildman–Crippen LogP) is 18.7. The molecule has 12 aromatic rings. The Morgan fingerprint density at radius 2 is 0.987 bits per heavy atom. The Balaban J connectivity index is 1.12. The molecule has 0 unspecified atom stereocenters. The fraction of sp³-hybridized carbons (Fsp3) is 0.0571. The van der Waals surface area contributed by atoms with Crippen molar-refractivity contribution in [2.75, 3.05) is 9.80 Å². The van der Waals surface area contributed by atoms with Crippen LogP contribution in [0.5, 0.6) is 0 Å². The molecule has 75 heavy (non-hydrogen) atoms. The number of benzene rings is 9. The molecular weight excluding hydrogens is 913 g/mol. The van der Waals surface area contributed by atoms with E-state index in [0.717, 1.165) is 100 Å². The molecule has 0 radical (unpaired) electrons. The third kappa shape index (κ3) is 6.71. The van der Waals surface area contributed by atoms with Crippen molar-refractivity contribution in [3.8, 4) is 33.4 Å². The van der Waals surface area contributed by atoms with Gasteiger partial charge in [-0.25, -0.2) is 0 Å². The van der Waals surface area contributed by atoms with Crippen molar-refractivity contribution in [3.63, 3.8) is 0 Å². The zero-order valence-electron chi connectivity index (χ0n) is 41.9. The summed E-state index contributed by atoms with van der Waals surface area (Å²) in [5, 5.41) is 4.35. The van der Waals surface area contributed by atoms with Crippen LogP contribution in [0.4, 0.5) is 34.1 Å². The van der Waals surface area contributed by atoms with Gasteiger partial charge < -0.3 is 14.2 Å². The number of hydrogen-bond donors (Lipinski definition) is 0. The molecule has 356 valence electrons. The Morgan fingerprint density at radius 3 is 1.61 bits per heavy atom. The largest absolute Gasteiger partial charge is 0.455 e. The molecule has 5 heteroatoms. The maximum Gasteiger partial charge on any atom is 0.145 e. The molecule has 0 saturated heterocycles. The molecule has 0 atom stereocenters. The quantitative estimate of drug-likeness (QED) is 0.135. The normalized spacial score (nSPS) is 13.0. The van der Waals surface area contributed by atoms with Gasteiger partial charge in [0.25, 0.3) is 0 Å². The molecule has 2 aliphatic carbocycles. The summed E-state index contributed by atoms with van der Waals surface area (Å²) >= 11 is 0. The van der Waals surface area contributed by atoms with Gasteiger partial charge in [0.2, 0.25) is 0 Å². The number of pyridine rings is 2. The van der Waals surface area contributed by atoms with E-state index in [1.165, 1.54) is 44.5 Å². The first-order valence-electron chi connectivity index (χ1n) is 25.7. The summed E-state index contributed by atoms with van der Waals surface area (Å²) < 4.78 is 7.44. The number of fused-ring (bicyclic) bond motifs is 16. The first kappa shape index (κ1) is 44.1. The van der Waals surface area contributed by atoms with E-state index in [1.807, 2.05) is 32.3 Å². The van der Waals surface area contributed by atoms with Gasteiger partial charge in [-0.15, -0.1) is 0 Å². The topological polar surface area (TPSA) is 45.4 Å². The van der Waals surface area contributed by atoms with Gasteiger partial charge >= 0.3 is 0 Å². The highest BCUT2D eigenvalue weighted by atomic mass is 16.3. The summed E-state index contributed by atoms with van der Waals surface area (Å²) in [5.41, 5.74) is 23.0. The lowest BCUT2D eigenvalue weighted by Crippen LogP contribution is -2.26. The number of rotatable bonds is 9. The fourth-order valence-electron chi connectivity index (χ4n) is 12.3. The first-order chi connectivity index (χ1) is 36.9. The molecular formula is C70H50N4O. The van der Waals surface area contributed by atoms with Crippen molar-refractivity contribution in [2.24, 2.45) is 0 Å². The number of para-hydroxylation sites is 1. The van der Waals surface area contributed by atoms with Crippen LogP contribution in [-0.4, -0.2) is 9.97 Å². The number of furan rings is 1. The smallest absolute Gasteiger partial charge is 0.145 e. The van der Waals surface area contributed by atoms with Crippen LogP contribution in [0, 0.1) is 13.8 Å². The lowest BCUT2D eigenvalue weighted by atomic mass is 9.70. The number of aryl methyl sites for hydroxylation is 2. The standard InChI is InChI=1S/C70H50N4O/c1-5-17-44(2)47-30-36-50(37-31-47)73(52-34-28-45(3)71-42-52)63-40-61-66(57-23-10-9-22-56(57)63)68-62(70(61)59-25-14-11-20-54(59)55-21-12-15-26-60(55)70)41-64(67-58-24-13-16-27-65(58)75-69(67)68)74(53-35-29-46(4)72-43-53)51-38-32-49(33-39-51)48-18-7-6-8-19-48/h5-43H,1H2,2-4H3/b44-17+. The van der Waals surface area contributed by atoms with Crippen molar-refractivity contribution in [1.82, 2.24) is 9.97 Å².